The Morgan fingerprint density at radius 1 is 1.00 bits per heavy atom. The third-order valence-electron chi connectivity index (χ3n) is 4.72. The van der Waals surface area contributed by atoms with Crippen LogP contribution in [0.25, 0.3) is 0 Å². The van der Waals surface area contributed by atoms with Crippen LogP contribution < -0.4 is 0 Å². The van der Waals surface area contributed by atoms with Crippen molar-refractivity contribution in [1.29, 1.82) is 0 Å². The zero-order chi connectivity index (χ0) is 12.0. The molecule has 0 radical (unpaired) electrons. The molecule has 2 unspecified atom stereocenters. The van der Waals surface area contributed by atoms with E-state index in [1.165, 1.54) is 45.4 Å². The molecule has 4 aliphatic heterocycles. The molecule has 0 spiro atoms. The molecule has 4 saturated heterocycles. The number of morpholine rings is 1. The first-order chi connectivity index (χ1) is 8.02. The Morgan fingerprint density at radius 3 is 2.00 bits per heavy atom. The topological polar surface area (TPSA) is 15.7 Å². The van der Waals surface area contributed by atoms with E-state index < -0.39 is 0 Å². The van der Waals surface area contributed by atoms with Gasteiger partial charge in [0.1, 0.15) is 0 Å². The van der Waals surface area contributed by atoms with Crippen molar-refractivity contribution in [3.63, 3.8) is 0 Å². The van der Waals surface area contributed by atoms with Crippen LogP contribution in [-0.4, -0.2) is 59.8 Å². The van der Waals surface area contributed by atoms with Gasteiger partial charge in [0.2, 0.25) is 0 Å². The molecule has 0 aromatic rings. The standard InChI is InChI=1S/C14H26N2O/c1-14(2,3)16-6-4-11(5-7-16)15-9-12-8-13(10-15)17-12/h11-13H,4-10H2,1-3H3. The highest BCUT2D eigenvalue weighted by atomic mass is 16.5. The number of piperidine rings is 2. The molecule has 0 amide bonds. The minimum absolute atomic E-state index is 0.345. The van der Waals surface area contributed by atoms with Gasteiger partial charge in [-0.3, -0.25) is 9.80 Å². The Balaban J connectivity index is 1.51. The number of hydrogen-bond donors (Lipinski definition) is 0. The molecule has 3 heteroatoms. The van der Waals surface area contributed by atoms with Crippen LogP contribution in [0, 0.1) is 0 Å². The number of rotatable bonds is 1. The Hall–Kier alpha value is -0.120. The summed E-state index contributed by atoms with van der Waals surface area (Å²) in [7, 11) is 0. The lowest BCUT2D eigenvalue weighted by Gasteiger charge is -2.51. The van der Waals surface area contributed by atoms with E-state index in [9.17, 15) is 0 Å². The summed E-state index contributed by atoms with van der Waals surface area (Å²) in [5, 5.41) is 0. The van der Waals surface area contributed by atoms with E-state index in [0.717, 1.165) is 6.04 Å². The lowest BCUT2D eigenvalue weighted by atomic mass is 9.92. The monoisotopic (exact) mass is 238 g/mol. The summed E-state index contributed by atoms with van der Waals surface area (Å²) < 4.78 is 5.72. The first-order valence-corrected chi connectivity index (χ1v) is 7.17. The summed E-state index contributed by atoms with van der Waals surface area (Å²) in [6, 6.07) is 0.822. The summed E-state index contributed by atoms with van der Waals surface area (Å²) in [5.41, 5.74) is 0.345. The fourth-order valence-corrected chi connectivity index (χ4v) is 3.59. The molecule has 2 atom stereocenters. The molecule has 0 aliphatic carbocycles. The van der Waals surface area contributed by atoms with Gasteiger partial charge in [0.05, 0.1) is 12.2 Å². The van der Waals surface area contributed by atoms with Crippen molar-refractivity contribution in [2.24, 2.45) is 0 Å². The molecule has 4 fully saturated rings. The number of hydrogen-bond acceptors (Lipinski definition) is 3. The third-order valence-corrected chi connectivity index (χ3v) is 4.72. The number of likely N-dealkylation sites (tertiary alicyclic amines) is 1. The highest BCUT2D eigenvalue weighted by molar-refractivity contribution is 4.94. The van der Waals surface area contributed by atoms with Gasteiger partial charge in [-0.25, -0.2) is 0 Å². The second kappa shape index (κ2) is 4.22. The van der Waals surface area contributed by atoms with Crippen molar-refractivity contribution >= 4 is 0 Å². The maximum Gasteiger partial charge on any atom is 0.0731 e. The predicted octanol–water partition coefficient (Wildman–Crippen LogP) is 1.72. The van der Waals surface area contributed by atoms with Gasteiger partial charge in [0.25, 0.3) is 0 Å². The second-order valence-corrected chi connectivity index (χ2v) is 6.96. The van der Waals surface area contributed by atoms with Crippen molar-refractivity contribution in [3.05, 3.63) is 0 Å². The van der Waals surface area contributed by atoms with Gasteiger partial charge >= 0.3 is 0 Å². The average molecular weight is 238 g/mol. The molecule has 0 aromatic carbocycles. The van der Waals surface area contributed by atoms with Crippen LogP contribution in [0.4, 0.5) is 0 Å². The van der Waals surface area contributed by atoms with Gasteiger partial charge in [0.15, 0.2) is 0 Å². The van der Waals surface area contributed by atoms with Gasteiger partial charge in [-0.05, 0) is 33.6 Å². The van der Waals surface area contributed by atoms with E-state index in [1.807, 2.05) is 0 Å². The van der Waals surface area contributed by atoms with Crippen molar-refractivity contribution in [2.45, 2.75) is 63.8 Å². The van der Waals surface area contributed by atoms with Crippen molar-refractivity contribution in [2.75, 3.05) is 26.2 Å². The van der Waals surface area contributed by atoms with E-state index in [1.54, 1.807) is 0 Å². The highest BCUT2D eigenvalue weighted by Crippen LogP contribution is 2.32. The van der Waals surface area contributed by atoms with Gasteiger partial charge in [-0.1, -0.05) is 0 Å². The van der Waals surface area contributed by atoms with Crippen LogP contribution in [0.1, 0.15) is 40.0 Å². The number of nitrogens with zero attached hydrogens (tertiary/aromatic N) is 2. The molecule has 0 aromatic heterocycles. The van der Waals surface area contributed by atoms with Gasteiger partial charge < -0.3 is 4.74 Å². The number of ether oxygens (including phenoxy) is 1. The highest BCUT2D eigenvalue weighted by Gasteiger charge is 2.41. The molecular weight excluding hydrogens is 212 g/mol. The molecular formula is C14H26N2O. The van der Waals surface area contributed by atoms with Crippen LogP contribution in [0.3, 0.4) is 0 Å². The zero-order valence-electron chi connectivity index (χ0n) is 11.5. The Bertz CT molecular complexity index is 262. The smallest absolute Gasteiger partial charge is 0.0731 e. The first kappa shape index (κ1) is 11.9. The largest absolute Gasteiger partial charge is 0.372 e. The molecule has 17 heavy (non-hydrogen) atoms. The molecule has 3 nitrogen and oxygen atoms in total. The van der Waals surface area contributed by atoms with E-state index in [-0.39, 0.29) is 0 Å². The van der Waals surface area contributed by atoms with Crippen LogP contribution >= 0.6 is 0 Å². The minimum atomic E-state index is 0.345. The molecule has 4 aliphatic rings. The zero-order valence-corrected chi connectivity index (χ0v) is 11.5. The molecule has 98 valence electrons. The quantitative estimate of drug-likeness (QED) is 0.692. The Kier molecular flexibility index (Phi) is 2.96. The summed E-state index contributed by atoms with van der Waals surface area (Å²) in [6.07, 6.45) is 5.13. The molecule has 0 saturated carbocycles. The van der Waals surface area contributed by atoms with E-state index in [4.69, 9.17) is 4.74 Å². The van der Waals surface area contributed by atoms with Crippen LogP contribution in [0.2, 0.25) is 0 Å². The second-order valence-electron chi connectivity index (χ2n) is 6.96. The summed E-state index contributed by atoms with van der Waals surface area (Å²) in [4.78, 5) is 5.33. The molecule has 4 heterocycles. The Labute approximate surface area is 105 Å². The van der Waals surface area contributed by atoms with Crippen LogP contribution in [0.15, 0.2) is 0 Å². The van der Waals surface area contributed by atoms with Crippen molar-refractivity contribution in [1.82, 2.24) is 9.80 Å². The lowest BCUT2D eigenvalue weighted by molar-refractivity contribution is -0.190. The van der Waals surface area contributed by atoms with E-state index >= 15 is 0 Å². The first-order valence-electron chi connectivity index (χ1n) is 7.17. The van der Waals surface area contributed by atoms with Crippen molar-refractivity contribution < 1.29 is 4.74 Å². The summed E-state index contributed by atoms with van der Waals surface area (Å²) >= 11 is 0. The Morgan fingerprint density at radius 2 is 1.53 bits per heavy atom. The SMILES string of the molecule is CC(C)(C)N1CCC(N2CC3CC(C2)O3)CC1. The van der Waals surface area contributed by atoms with Crippen LogP contribution in [-0.2, 0) is 4.74 Å². The molecule has 0 N–H and O–H groups in total. The molecule has 2 bridgehead atoms. The summed E-state index contributed by atoms with van der Waals surface area (Å²) in [6.45, 7) is 11.9. The van der Waals surface area contributed by atoms with Gasteiger partial charge in [0, 0.05) is 44.2 Å². The predicted molar refractivity (Wildman–Crippen MR) is 69.2 cm³/mol. The average Bonchev–Trinajstić information content (AvgIpc) is 2.27. The minimum Gasteiger partial charge on any atom is -0.372 e. The van der Waals surface area contributed by atoms with Crippen molar-refractivity contribution in [3.8, 4) is 0 Å². The number of fused-ring (bicyclic) bond motifs is 2. The fraction of sp³-hybridized carbons (Fsp3) is 1.00. The normalized spacial score (nSPS) is 36.9. The maximum absolute atomic E-state index is 5.72. The van der Waals surface area contributed by atoms with Gasteiger partial charge in [-0.2, -0.15) is 0 Å². The molecule has 4 rings (SSSR count). The van der Waals surface area contributed by atoms with Gasteiger partial charge in [-0.15, -0.1) is 0 Å². The maximum atomic E-state index is 5.72. The summed E-state index contributed by atoms with van der Waals surface area (Å²) in [5.74, 6) is 0. The third kappa shape index (κ3) is 2.38. The van der Waals surface area contributed by atoms with E-state index in [0.29, 0.717) is 17.7 Å². The van der Waals surface area contributed by atoms with E-state index in [2.05, 4.69) is 30.6 Å². The van der Waals surface area contributed by atoms with Crippen LogP contribution in [0.5, 0.6) is 0 Å². The fourth-order valence-electron chi connectivity index (χ4n) is 3.59. The lowest BCUT2D eigenvalue weighted by Crippen LogP contribution is -2.61.